The molecule has 2 aliphatic heterocycles. The highest BCUT2D eigenvalue weighted by atomic mass is 32.2. The molecule has 4 rings (SSSR count). The van der Waals surface area contributed by atoms with Crippen LogP contribution in [0, 0.1) is 0 Å². The largest absolute Gasteiger partial charge is 0.350 e. The minimum Gasteiger partial charge on any atom is -0.350 e. The maximum atomic E-state index is 13.0. The number of sulfonamides is 1. The summed E-state index contributed by atoms with van der Waals surface area (Å²) in [6.45, 7) is 3.26. The quantitative estimate of drug-likeness (QED) is 0.670. The van der Waals surface area contributed by atoms with Crippen molar-refractivity contribution in [3.05, 3.63) is 65.9 Å². The fourth-order valence-electron chi connectivity index (χ4n) is 3.95. The average Bonchev–Trinajstić information content (AvgIpc) is 3.39. The van der Waals surface area contributed by atoms with Gasteiger partial charge in [-0.2, -0.15) is 4.31 Å². The van der Waals surface area contributed by atoms with Crippen LogP contribution in [0.2, 0.25) is 0 Å². The molecule has 1 fully saturated rings. The van der Waals surface area contributed by atoms with E-state index in [9.17, 15) is 18.0 Å². The molecule has 2 aromatic rings. The number of hydrogen-bond acceptors (Lipinski definition) is 5. The highest BCUT2D eigenvalue weighted by Gasteiger charge is 2.38. The monoisotopic (exact) mass is 439 g/mol. The van der Waals surface area contributed by atoms with E-state index in [1.165, 1.54) is 15.3 Å². The van der Waals surface area contributed by atoms with Crippen molar-refractivity contribution in [3.63, 3.8) is 0 Å². The number of hydrogen-bond donors (Lipinski definition) is 1. The minimum atomic E-state index is -3.59. The number of anilines is 1. The second kappa shape index (κ2) is 8.64. The molecular weight excluding hydrogens is 414 g/mol. The normalized spacial score (nSPS) is 17.6. The molecule has 2 aromatic carbocycles. The van der Waals surface area contributed by atoms with E-state index in [-0.39, 0.29) is 16.5 Å². The van der Waals surface area contributed by atoms with Gasteiger partial charge >= 0.3 is 0 Å². The lowest BCUT2D eigenvalue weighted by atomic mass is 10.0. The van der Waals surface area contributed by atoms with Crippen LogP contribution in [0.25, 0.3) is 5.57 Å². The van der Waals surface area contributed by atoms with Gasteiger partial charge in [-0.1, -0.05) is 43.3 Å². The van der Waals surface area contributed by atoms with Gasteiger partial charge in [0.15, 0.2) is 0 Å². The summed E-state index contributed by atoms with van der Waals surface area (Å²) in [4.78, 5) is 27.5. The molecule has 31 heavy (non-hydrogen) atoms. The van der Waals surface area contributed by atoms with Gasteiger partial charge in [-0.15, -0.1) is 0 Å². The van der Waals surface area contributed by atoms with Crippen molar-refractivity contribution in [2.45, 2.75) is 31.1 Å². The summed E-state index contributed by atoms with van der Waals surface area (Å²) in [7, 11) is -3.59. The number of carbonyl (C=O) groups excluding carboxylic acids is 2. The highest BCUT2D eigenvalue weighted by Crippen LogP contribution is 2.31. The van der Waals surface area contributed by atoms with Gasteiger partial charge in [-0.25, -0.2) is 8.42 Å². The van der Waals surface area contributed by atoms with Gasteiger partial charge in [0.05, 0.1) is 10.5 Å². The van der Waals surface area contributed by atoms with Crippen LogP contribution in [-0.4, -0.2) is 49.1 Å². The average molecular weight is 440 g/mol. The Hall–Kier alpha value is -2.97. The molecule has 0 bridgehead atoms. The third-order valence-corrected chi connectivity index (χ3v) is 7.38. The van der Waals surface area contributed by atoms with Gasteiger partial charge in [0.2, 0.25) is 10.0 Å². The molecule has 0 radical (unpaired) electrons. The molecule has 162 valence electrons. The Bertz CT molecular complexity index is 1140. The van der Waals surface area contributed by atoms with Crippen molar-refractivity contribution in [2.24, 2.45) is 0 Å². The lowest BCUT2D eigenvalue weighted by molar-refractivity contribution is -0.136. The van der Waals surface area contributed by atoms with Crippen LogP contribution in [0.5, 0.6) is 0 Å². The van der Waals surface area contributed by atoms with Gasteiger partial charge in [-0.05, 0) is 43.0 Å². The number of imide groups is 1. The Morgan fingerprint density at radius 1 is 0.935 bits per heavy atom. The van der Waals surface area contributed by atoms with Crippen LogP contribution in [-0.2, 0) is 19.6 Å². The summed E-state index contributed by atoms with van der Waals surface area (Å²) >= 11 is 0. The van der Waals surface area contributed by atoms with E-state index < -0.39 is 15.9 Å². The Kier molecular flexibility index (Phi) is 5.93. The summed E-state index contributed by atoms with van der Waals surface area (Å²) in [5, 5.41) is 3.05. The van der Waals surface area contributed by atoms with Crippen molar-refractivity contribution < 1.29 is 18.0 Å². The second-order valence-corrected chi connectivity index (χ2v) is 9.58. The van der Waals surface area contributed by atoms with E-state index >= 15 is 0 Å². The van der Waals surface area contributed by atoms with E-state index in [4.69, 9.17) is 0 Å². The fourth-order valence-corrected chi connectivity index (χ4v) is 5.51. The van der Waals surface area contributed by atoms with Gasteiger partial charge in [0, 0.05) is 25.3 Å². The third kappa shape index (κ3) is 4.00. The summed E-state index contributed by atoms with van der Waals surface area (Å²) < 4.78 is 27.3. The molecule has 0 aromatic heterocycles. The van der Waals surface area contributed by atoms with Gasteiger partial charge in [0.1, 0.15) is 5.70 Å². The van der Waals surface area contributed by atoms with Gasteiger partial charge in [-0.3, -0.25) is 14.5 Å². The zero-order chi connectivity index (χ0) is 22.0. The summed E-state index contributed by atoms with van der Waals surface area (Å²) in [5.41, 5.74) is 1.55. The Balaban J connectivity index is 1.72. The van der Waals surface area contributed by atoms with E-state index in [0.29, 0.717) is 42.9 Å². The molecule has 1 N–H and O–H groups in total. The van der Waals surface area contributed by atoms with E-state index in [1.807, 2.05) is 25.1 Å². The van der Waals surface area contributed by atoms with Crippen LogP contribution in [0.15, 0.2) is 65.2 Å². The van der Waals surface area contributed by atoms with Crippen molar-refractivity contribution >= 4 is 33.1 Å². The Morgan fingerprint density at radius 3 is 2.32 bits per heavy atom. The number of rotatable bonds is 7. The number of benzene rings is 2. The highest BCUT2D eigenvalue weighted by molar-refractivity contribution is 7.89. The molecule has 0 spiro atoms. The molecular formula is C23H25N3O4S. The van der Waals surface area contributed by atoms with Crippen LogP contribution >= 0.6 is 0 Å². The zero-order valence-corrected chi connectivity index (χ0v) is 18.2. The molecule has 2 amide bonds. The first-order valence-corrected chi connectivity index (χ1v) is 11.9. The third-order valence-electron chi connectivity index (χ3n) is 5.48. The second-order valence-electron chi connectivity index (χ2n) is 7.64. The van der Waals surface area contributed by atoms with E-state index in [1.54, 1.807) is 30.3 Å². The van der Waals surface area contributed by atoms with Crippen LogP contribution in [0.4, 0.5) is 5.69 Å². The maximum Gasteiger partial charge on any atom is 0.278 e. The SMILES string of the molecule is CCCN1C(=O)C(Nc2cccc(S(=O)(=O)N3CCCC3)c2)=C(c2ccccc2)C1=O. The Morgan fingerprint density at radius 2 is 1.65 bits per heavy atom. The molecule has 0 aliphatic carbocycles. The number of carbonyl (C=O) groups is 2. The predicted octanol–water partition coefficient (Wildman–Crippen LogP) is 3.07. The number of nitrogens with one attached hydrogen (secondary N) is 1. The zero-order valence-electron chi connectivity index (χ0n) is 17.4. The molecule has 1 saturated heterocycles. The first kappa shape index (κ1) is 21.3. The molecule has 7 nitrogen and oxygen atoms in total. The standard InChI is InChI=1S/C23H25N3O4S/c1-2-13-26-22(27)20(17-9-4-3-5-10-17)21(23(26)28)24-18-11-8-12-19(16-18)31(29,30)25-14-6-7-15-25/h3-5,8-12,16,24H,2,6-7,13-15H2,1H3. The smallest absolute Gasteiger partial charge is 0.278 e. The maximum absolute atomic E-state index is 13.0. The molecule has 2 aliphatic rings. The van der Waals surface area contributed by atoms with E-state index in [2.05, 4.69) is 5.32 Å². The minimum absolute atomic E-state index is 0.167. The summed E-state index contributed by atoms with van der Waals surface area (Å²) in [6.07, 6.45) is 2.36. The molecule has 0 saturated carbocycles. The van der Waals surface area contributed by atoms with Crippen LogP contribution in [0.1, 0.15) is 31.7 Å². The number of amides is 2. The first-order chi connectivity index (χ1) is 14.9. The number of nitrogens with zero attached hydrogens (tertiary/aromatic N) is 2. The van der Waals surface area contributed by atoms with Gasteiger partial charge < -0.3 is 5.32 Å². The van der Waals surface area contributed by atoms with E-state index in [0.717, 1.165) is 12.8 Å². The molecule has 0 unspecified atom stereocenters. The molecule has 8 heteroatoms. The van der Waals surface area contributed by atoms with Crippen molar-refractivity contribution in [1.29, 1.82) is 0 Å². The lowest BCUT2D eigenvalue weighted by Gasteiger charge is -2.17. The predicted molar refractivity (Wildman–Crippen MR) is 118 cm³/mol. The fraction of sp³-hybridized carbons (Fsp3) is 0.304. The lowest BCUT2D eigenvalue weighted by Crippen LogP contribution is -2.33. The van der Waals surface area contributed by atoms with Gasteiger partial charge in [0.25, 0.3) is 11.8 Å². The molecule has 2 heterocycles. The van der Waals surface area contributed by atoms with Crippen molar-refractivity contribution in [3.8, 4) is 0 Å². The molecule has 0 atom stereocenters. The summed E-state index contributed by atoms with van der Waals surface area (Å²) in [6, 6.07) is 15.4. The van der Waals surface area contributed by atoms with Crippen LogP contribution < -0.4 is 5.32 Å². The van der Waals surface area contributed by atoms with Crippen molar-refractivity contribution in [1.82, 2.24) is 9.21 Å². The summed E-state index contributed by atoms with van der Waals surface area (Å²) in [5.74, 6) is -0.750. The first-order valence-electron chi connectivity index (χ1n) is 10.5. The Labute approximate surface area is 182 Å². The topological polar surface area (TPSA) is 86.8 Å². The van der Waals surface area contributed by atoms with Crippen LogP contribution in [0.3, 0.4) is 0 Å². The van der Waals surface area contributed by atoms with Crippen molar-refractivity contribution in [2.75, 3.05) is 25.0 Å².